The molecule has 6 atom stereocenters. The number of carbonyl (C=O) groups is 1. The van der Waals surface area contributed by atoms with Gasteiger partial charge in [-0.15, -0.1) is 6.42 Å². The van der Waals surface area contributed by atoms with Crippen LogP contribution in [-0.4, -0.2) is 43.3 Å². The van der Waals surface area contributed by atoms with Crippen LogP contribution >= 0.6 is 0 Å². The maximum Gasteiger partial charge on any atom is 0.133 e. The molecule has 4 aliphatic rings. The number of anilines is 1. The van der Waals surface area contributed by atoms with Crippen molar-refractivity contribution < 1.29 is 14.6 Å². The summed E-state index contributed by atoms with van der Waals surface area (Å²) in [5.74, 6) is 3.71. The first-order chi connectivity index (χ1) is 14.8. The molecule has 4 heteroatoms. The monoisotopic (exact) mass is 419 g/mol. The molecule has 0 saturated heterocycles. The lowest BCUT2D eigenvalue weighted by atomic mass is 9.55. The van der Waals surface area contributed by atoms with E-state index in [1.807, 2.05) is 14.1 Å². The second-order valence-corrected chi connectivity index (χ2v) is 10.5. The Morgan fingerprint density at radius 3 is 2.65 bits per heavy atom. The van der Waals surface area contributed by atoms with Crippen LogP contribution in [0.1, 0.15) is 56.9 Å². The van der Waals surface area contributed by atoms with E-state index in [9.17, 15) is 9.90 Å². The van der Waals surface area contributed by atoms with Crippen molar-refractivity contribution in [2.45, 2.75) is 63.1 Å². The Morgan fingerprint density at radius 1 is 1.23 bits per heavy atom. The summed E-state index contributed by atoms with van der Waals surface area (Å²) in [7, 11) is 4.10. The lowest BCUT2D eigenvalue weighted by Gasteiger charge is -2.54. The van der Waals surface area contributed by atoms with Gasteiger partial charge < -0.3 is 14.7 Å². The maximum atomic E-state index is 12.2. The van der Waals surface area contributed by atoms with E-state index >= 15 is 0 Å². The SMILES string of the molecule is C#CC1(O)CCC2C3OCC4CC(=O)CCC4=C3C(c3ccc(N(C)C)cc3)CC21C. The summed E-state index contributed by atoms with van der Waals surface area (Å²) in [6, 6.07) is 8.76. The van der Waals surface area contributed by atoms with E-state index in [0.29, 0.717) is 31.7 Å². The number of ether oxygens (including phenoxy) is 1. The molecular weight excluding hydrogens is 386 g/mol. The third-order valence-corrected chi connectivity index (χ3v) is 8.79. The highest BCUT2D eigenvalue weighted by Gasteiger charge is 2.63. The van der Waals surface area contributed by atoms with E-state index in [2.05, 4.69) is 42.0 Å². The highest BCUT2D eigenvalue weighted by atomic mass is 16.5. The quantitative estimate of drug-likeness (QED) is 0.580. The van der Waals surface area contributed by atoms with E-state index < -0.39 is 11.0 Å². The Bertz CT molecular complexity index is 971. The fourth-order valence-corrected chi connectivity index (χ4v) is 6.92. The average Bonchev–Trinajstić information content (AvgIpc) is 3.04. The minimum absolute atomic E-state index is 0.0147. The molecule has 5 rings (SSSR count). The number of fused-ring (bicyclic) bond motifs is 4. The van der Waals surface area contributed by atoms with Crippen LogP contribution in [0.3, 0.4) is 0 Å². The number of hydrogen-bond acceptors (Lipinski definition) is 4. The van der Waals surface area contributed by atoms with Gasteiger partial charge in [-0.05, 0) is 54.9 Å². The first kappa shape index (κ1) is 20.8. The van der Waals surface area contributed by atoms with Gasteiger partial charge in [-0.1, -0.05) is 30.6 Å². The van der Waals surface area contributed by atoms with Gasteiger partial charge in [-0.2, -0.15) is 0 Å². The van der Waals surface area contributed by atoms with E-state index in [1.165, 1.54) is 22.4 Å². The lowest BCUT2D eigenvalue weighted by molar-refractivity contribution is -0.124. The van der Waals surface area contributed by atoms with Gasteiger partial charge in [-0.3, -0.25) is 4.79 Å². The van der Waals surface area contributed by atoms with Gasteiger partial charge in [0.1, 0.15) is 11.4 Å². The second kappa shape index (κ2) is 7.22. The summed E-state index contributed by atoms with van der Waals surface area (Å²) in [6.07, 6.45) is 10.3. The number of aliphatic hydroxyl groups is 1. The summed E-state index contributed by atoms with van der Waals surface area (Å²) in [4.78, 5) is 14.3. The fraction of sp³-hybridized carbons (Fsp3) is 0.593. The topological polar surface area (TPSA) is 49.8 Å². The zero-order valence-corrected chi connectivity index (χ0v) is 18.9. The Balaban J connectivity index is 1.64. The standard InChI is InChI=1S/C27H33NO3/c1-5-27(30)13-12-23-25-24(21-11-10-20(29)14-18(21)16-31-25)22(15-26(23,27)2)17-6-8-19(9-7-17)28(3)4/h1,6-9,18,22-23,25,30H,10-16H2,2-4H3. The molecule has 164 valence electrons. The van der Waals surface area contributed by atoms with Crippen LogP contribution < -0.4 is 4.90 Å². The van der Waals surface area contributed by atoms with Gasteiger partial charge in [0.15, 0.2) is 0 Å². The van der Waals surface area contributed by atoms with E-state index in [0.717, 1.165) is 19.3 Å². The van der Waals surface area contributed by atoms with Crippen molar-refractivity contribution >= 4 is 11.5 Å². The highest BCUT2D eigenvalue weighted by Crippen LogP contribution is 2.64. The second-order valence-electron chi connectivity index (χ2n) is 10.5. The Kier molecular flexibility index (Phi) is 4.84. The van der Waals surface area contributed by atoms with Crippen LogP contribution in [0.25, 0.3) is 0 Å². The molecule has 3 fully saturated rings. The van der Waals surface area contributed by atoms with Gasteiger partial charge in [0.2, 0.25) is 0 Å². The third kappa shape index (κ3) is 3.01. The largest absolute Gasteiger partial charge is 0.378 e. The molecular formula is C27H33NO3. The zero-order valence-electron chi connectivity index (χ0n) is 18.9. The molecule has 3 saturated carbocycles. The van der Waals surface area contributed by atoms with Gasteiger partial charge in [0.25, 0.3) is 0 Å². The summed E-state index contributed by atoms with van der Waals surface area (Å²) < 4.78 is 6.53. The van der Waals surface area contributed by atoms with Crippen molar-refractivity contribution in [1.29, 1.82) is 0 Å². The molecule has 6 unspecified atom stereocenters. The van der Waals surface area contributed by atoms with Crippen molar-refractivity contribution in [2.75, 3.05) is 25.6 Å². The molecule has 31 heavy (non-hydrogen) atoms. The number of hydrogen-bond donors (Lipinski definition) is 1. The van der Waals surface area contributed by atoms with Crippen LogP contribution in [0, 0.1) is 29.6 Å². The minimum Gasteiger partial charge on any atom is -0.378 e. The number of benzene rings is 1. The first-order valence-electron chi connectivity index (χ1n) is 11.6. The van der Waals surface area contributed by atoms with Crippen LogP contribution in [0.2, 0.25) is 0 Å². The predicted molar refractivity (Wildman–Crippen MR) is 122 cm³/mol. The molecule has 3 aliphatic carbocycles. The maximum absolute atomic E-state index is 12.2. The molecule has 1 N–H and O–H groups in total. The average molecular weight is 420 g/mol. The van der Waals surface area contributed by atoms with Crippen molar-refractivity contribution in [3.05, 3.63) is 41.0 Å². The molecule has 1 aromatic rings. The highest BCUT2D eigenvalue weighted by molar-refractivity contribution is 5.81. The molecule has 1 heterocycles. The third-order valence-electron chi connectivity index (χ3n) is 8.79. The Hall–Kier alpha value is -2.09. The number of nitrogens with zero attached hydrogens (tertiary/aromatic N) is 1. The van der Waals surface area contributed by atoms with Crippen molar-refractivity contribution in [1.82, 2.24) is 0 Å². The molecule has 0 radical (unpaired) electrons. The smallest absolute Gasteiger partial charge is 0.133 e. The molecule has 0 bridgehead atoms. The first-order valence-corrected chi connectivity index (χ1v) is 11.6. The summed E-state index contributed by atoms with van der Waals surface area (Å²) in [5.41, 5.74) is 3.78. The van der Waals surface area contributed by atoms with Gasteiger partial charge in [0, 0.05) is 49.9 Å². The number of ketones is 1. The van der Waals surface area contributed by atoms with Crippen LogP contribution in [0.15, 0.2) is 35.4 Å². The lowest BCUT2D eigenvalue weighted by Crippen LogP contribution is -2.54. The minimum atomic E-state index is -1.10. The number of terminal acetylenes is 1. The van der Waals surface area contributed by atoms with Crippen LogP contribution in [0.5, 0.6) is 0 Å². The van der Waals surface area contributed by atoms with E-state index in [4.69, 9.17) is 11.2 Å². The van der Waals surface area contributed by atoms with Crippen LogP contribution in [0.4, 0.5) is 5.69 Å². The Labute approximate surface area is 185 Å². The zero-order chi connectivity index (χ0) is 22.0. The van der Waals surface area contributed by atoms with Gasteiger partial charge >= 0.3 is 0 Å². The van der Waals surface area contributed by atoms with E-state index in [1.54, 1.807) is 0 Å². The van der Waals surface area contributed by atoms with Crippen molar-refractivity contribution in [3.63, 3.8) is 0 Å². The molecule has 0 spiro atoms. The molecule has 4 nitrogen and oxygen atoms in total. The normalized spacial score (nSPS) is 39.4. The molecule has 1 aromatic carbocycles. The van der Waals surface area contributed by atoms with E-state index in [-0.39, 0.29) is 23.9 Å². The van der Waals surface area contributed by atoms with Gasteiger partial charge in [-0.25, -0.2) is 0 Å². The Morgan fingerprint density at radius 2 is 1.97 bits per heavy atom. The van der Waals surface area contributed by atoms with Gasteiger partial charge in [0.05, 0.1) is 12.7 Å². The number of Topliss-reactive ketones (excluding diaryl/α,β-unsaturated/α-hetero) is 1. The fourth-order valence-electron chi connectivity index (χ4n) is 6.92. The molecule has 0 amide bonds. The summed E-state index contributed by atoms with van der Waals surface area (Å²) in [5, 5.41) is 11.4. The predicted octanol–water partition coefficient (Wildman–Crippen LogP) is 4.09. The molecule has 0 aromatic heterocycles. The number of rotatable bonds is 2. The number of carbonyl (C=O) groups excluding carboxylic acids is 1. The van der Waals surface area contributed by atoms with Crippen molar-refractivity contribution in [3.8, 4) is 12.3 Å². The summed E-state index contributed by atoms with van der Waals surface area (Å²) in [6.45, 7) is 2.79. The molecule has 1 aliphatic heterocycles. The van der Waals surface area contributed by atoms with Crippen molar-refractivity contribution in [2.24, 2.45) is 17.3 Å². The van der Waals surface area contributed by atoms with Crippen LogP contribution in [-0.2, 0) is 9.53 Å². The summed E-state index contributed by atoms with van der Waals surface area (Å²) >= 11 is 0.